The molecule has 1 aromatic rings. The Morgan fingerprint density at radius 3 is 2.32 bits per heavy atom. The van der Waals surface area contributed by atoms with Crippen molar-refractivity contribution >= 4 is 11.5 Å². The van der Waals surface area contributed by atoms with Gasteiger partial charge in [-0.15, -0.1) is 0 Å². The molecule has 0 aliphatic rings. The molecule has 1 rings (SSSR count). The maximum atomic E-state index is 13.9. The number of rotatable bonds is 4. The van der Waals surface area contributed by atoms with E-state index in [9.17, 15) is 9.18 Å². The van der Waals surface area contributed by atoms with E-state index in [-0.39, 0.29) is 5.57 Å². The molecule has 100 valence electrons. The Hall–Kier alpha value is -2.16. The Morgan fingerprint density at radius 1 is 1.32 bits per heavy atom. The smallest absolute Gasteiger partial charge is 0.341 e. The fraction of sp³-hybridized carbons (Fsp3) is 0.188. The predicted molar refractivity (Wildman–Crippen MR) is 75.2 cm³/mol. The number of benzene rings is 1. The molecule has 0 saturated heterocycles. The fourth-order valence-electron chi connectivity index (χ4n) is 1.68. The van der Waals surface area contributed by atoms with E-state index in [0.717, 1.165) is 11.1 Å². The molecule has 0 aliphatic carbocycles. The first-order chi connectivity index (χ1) is 9.04. The van der Waals surface area contributed by atoms with E-state index in [2.05, 4.69) is 11.3 Å². The zero-order valence-corrected chi connectivity index (χ0v) is 11.4. The Kier molecular flexibility index (Phi) is 5.24. The third-order valence-corrected chi connectivity index (χ3v) is 2.72. The molecule has 0 N–H and O–H groups in total. The van der Waals surface area contributed by atoms with Crippen molar-refractivity contribution < 1.29 is 13.9 Å². The molecule has 2 nitrogen and oxygen atoms in total. The van der Waals surface area contributed by atoms with Gasteiger partial charge in [-0.05, 0) is 25.0 Å². The third-order valence-electron chi connectivity index (χ3n) is 2.72. The zero-order chi connectivity index (χ0) is 14.4. The quantitative estimate of drug-likeness (QED) is 0.465. The highest BCUT2D eigenvalue weighted by molar-refractivity contribution is 6.03. The summed E-state index contributed by atoms with van der Waals surface area (Å²) in [6, 6.07) is 7.42. The summed E-state index contributed by atoms with van der Waals surface area (Å²) in [6.07, 6.45) is 2.68. The second-order valence-electron chi connectivity index (χ2n) is 3.99. The van der Waals surface area contributed by atoms with Crippen LogP contribution in [0.15, 0.2) is 54.4 Å². The lowest BCUT2D eigenvalue weighted by molar-refractivity contribution is -0.135. The Bertz CT molecular complexity index is 536. The van der Waals surface area contributed by atoms with Gasteiger partial charge in [-0.3, -0.25) is 0 Å². The van der Waals surface area contributed by atoms with Gasteiger partial charge >= 0.3 is 5.97 Å². The molecule has 0 radical (unpaired) electrons. The van der Waals surface area contributed by atoms with Crippen LogP contribution in [0.2, 0.25) is 0 Å². The Morgan fingerprint density at radius 2 is 1.89 bits per heavy atom. The number of allylic oxidation sites excluding steroid dienone is 3. The van der Waals surface area contributed by atoms with Crippen LogP contribution in [-0.2, 0) is 9.53 Å². The van der Waals surface area contributed by atoms with Gasteiger partial charge in [-0.25, -0.2) is 9.18 Å². The van der Waals surface area contributed by atoms with Crippen LogP contribution in [-0.4, -0.2) is 13.1 Å². The van der Waals surface area contributed by atoms with E-state index in [1.165, 1.54) is 26.2 Å². The molecule has 0 bridgehead atoms. The van der Waals surface area contributed by atoms with Gasteiger partial charge in [0, 0.05) is 0 Å². The molecular formula is C16H17FO2. The SMILES string of the molecule is C=C/C(=C(C(=O)OC)\C(F)=C/C)c1ccc(C)cc1. The van der Waals surface area contributed by atoms with Gasteiger partial charge < -0.3 is 4.74 Å². The molecule has 0 unspecified atom stereocenters. The number of ether oxygens (including phenoxy) is 1. The first kappa shape index (κ1) is 14.9. The standard InChI is InChI=1S/C16H17FO2/c1-5-13(12-9-7-11(3)8-10-12)15(14(17)6-2)16(18)19-4/h5-10H,1H2,2-4H3/b14-6+,15-13-. The molecule has 0 heterocycles. The largest absolute Gasteiger partial charge is 0.465 e. The Balaban J connectivity index is 3.50. The van der Waals surface area contributed by atoms with Gasteiger partial charge in [0.2, 0.25) is 0 Å². The van der Waals surface area contributed by atoms with Crippen molar-refractivity contribution in [2.45, 2.75) is 13.8 Å². The van der Waals surface area contributed by atoms with Gasteiger partial charge in [0.1, 0.15) is 11.4 Å². The molecule has 0 saturated carbocycles. The average molecular weight is 260 g/mol. The predicted octanol–water partition coefficient (Wildman–Crippen LogP) is 3.98. The van der Waals surface area contributed by atoms with Crippen LogP contribution in [0.4, 0.5) is 4.39 Å². The van der Waals surface area contributed by atoms with E-state index in [1.807, 2.05) is 31.2 Å². The molecule has 0 aliphatic heterocycles. The molecular weight excluding hydrogens is 243 g/mol. The van der Waals surface area contributed by atoms with Gasteiger partial charge in [0.05, 0.1) is 7.11 Å². The summed E-state index contributed by atoms with van der Waals surface area (Å²) >= 11 is 0. The number of halogens is 1. The number of esters is 1. The molecule has 0 fully saturated rings. The topological polar surface area (TPSA) is 26.3 Å². The summed E-state index contributed by atoms with van der Waals surface area (Å²) in [6.45, 7) is 7.13. The van der Waals surface area contributed by atoms with Crippen molar-refractivity contribution in [2.24, 2.45) is 0 Å². The minimum Gasteiger partial charge on any atom is -0.465 e. The maximum Gasteiger partial charge on any atom is 0.341 e. The van der Waals surface area contributed by atoms with Gasteiger partial charge in [-0.2, -0.15) is 0 Å². The van der Waals surface area contributed by atoms with Crippen molar-refractivity contribution in [2.75, 3.05) is 7.11 Å². The highest BCUT2D eigenvalue weighted by atomic mass is 19.1. The molecule has 0 aromatic heterocycles. The normalized spacial score (nSPS) is 12.7. The maximum absolute atomic E-state index is 13.9. The summed E-state index contributed by atoms with van der Waals surface area (Å²) < 4.78 is 18.5. The minimum absolute atomic E-state index is 0.108. The highest BCUT2D eigenvalue weighted by Crippen LogP contribution is 2.27. The molecule has 1 aromatic carbocycles. The zero-order valence-electron chi connectivity index (χ0n) is 11.4. The van der Waals surface area contributed by atoms with Crippen molar-refractivity contribution in [3.63, 3.8) is 0 Å². The second-order valence-corrected chi connectivity index (χ2v) is 3.99. The molecule has 0 amide bonds. The number of methoxy groups -OCH3 is 1. The van der Waals surface area contributed by atoms with Crippen molar-refractivity contribution in [3.05, 3.63) is 65.5 Å². The third kappa shape index (κ3) is 3.41. The van der Waals surface area contributed by atoms with Gasteiger partial charge in [-0.1, -0.05) is 48.6 Å². The van der Waals surface area contributed by atoms with Crippen LogP contribution < -0.4 is 0 Å². The van der Waals surface area contributed by atoms with E-state index in [1.54, 1.807) is 0 Å². The van der Waals surface area contributed by atoms with Crippen LogP contribution in [0.3, 0.4) is 0 Å². The Labute approximate surface area is 112 Å². The van der Waals surface area contributed by atoms with E-state index < -0.39 is 11.8 Å². The van der Waals surface area contributed by atoms with Crippen LogP contribution in [0.5, 0.6) is 0 Å². The first-order valence-corrected chi connectivity index (χ1v) is 5.89. The van der Waals surface area contributed by atoms with Crippen LogP contribution in [0.1, 0.15) is 18.1 Å². The number of aryl methyl sites for hydroxylation is 1. The lowest BCUT2D eigenvalue weighted by Gasteiger charge is -2.10. The molecule has 3 heteroatoms. The number of hydrogen-bond acceptors (Lipinski definition) is 2. The van der Waals surface area contributed by atoms with E-state index in [4.69, 9.17) is 0 Å². The van der Waals surface area contributed by atoms with Crippen LogP contribution >= 0.6 is 0 Å². The summed E-state index contributed by atoms with van der Waals surface area (Å²) in [5.41, 5.74) is 2.11. The number of carbonyl (C=O) groups excluding carboxylic acids is 1. The first-order valence-electron chi connectivity index (χ1n) is 5.89. The highest BCUT2D eigenvalue weighted by Gasteiger charge is 2.19. The lowest BCUT2D eigenvalue weighted by Crippen LogP contribution is -2.08. The lowest BCUT2D eigenvalue weighted by atomic mass is 9.98. The van der Waals surface area contributed by atoms with Crippen molar-refractivity contribution in [3.8, 4) is 0 Å². The number of carbonyl (C=O) groups is 1. The molecule has 0 atom stereocenters. The summed E-state index contributed by atoms with van der Waals surface area (Å²) in [4.78, 5) is 11.7. The van der Waals surface area contributed by atoms with Gasteiger partial charge in [0.25, 0.3) is 0 Å². The minimum atomic E-state index is -0.717. The average Bonchev–Trinajstić information content (AvgIpc) is 2.44. The van der Waals surface area contributed by atoms with Crippen LogP contribution in [0.25, 0.3) is 5.57 Å². The van der Waals surface area contributed by atoms with Crippen LogP contribution in [0, 0.1) is 6.92 Å². The van der Waals surface area contributed by atoms with Crippen molar-refractivity contribution in [1.29, 1.82) is 0 Å². The van der Waals surface area contributed by atoms with Gasteiger partial charge in [0.15, 0.2) is 0 Å². The number of hydrogen-bond donors (Lipinski definition) is 0. The van der Waals surface area contributed by atoms with E-state index in [0.29, 0.717) is 5.57 Å². The van der Waals surface area contributed by atoms with E-state index >= 15 is 0 Å². The van der Waals surface area contributed by atoms with Crippen molar-refractivity contribution in [1.82, 2.24) is 0 Å². The summed E-state index contributed by atoms with van der Waals surface area (Å²) in [5, 5.41) is 0. The monoisotopic (exact) mass is 260 g/mol. The summed E-state index contributed by atoms with van der Waals surface area (Å²) in [5.74, 6) is -1.34. The fourth-order valence-corrected chi connectivity index (χ4v) is 1.68. The molecule has 0 spiro atoms. The summed E-state index contributed by atoms with van der Waals surface area (Å²) in [7, 11) is 1.22. The second kappa shape index (κ2) is 6.69. The molecule has 19 heavy (non-hydrogen) atoms.